The lowest BCUT2D eigenvalue weighted by atomic mass is 9.80. The maximum absolute atomic E-state index is 15.7. The first-order valence-corrected chi connectivity index (χ1v) is 38.1. The molecule has 7 aromatic rings. The van der Waals surface area contributed by atoms with Crippen molar-refractivity contribution in [2.24, 2.45) is 23.5 Å². The van der Waals surface area contributed by atoms with Crippen LogP contribution in [-0.2, 0) is 61.9 Å². The average molecular weight is 1600 g/mol. The minimum Gasteiger partial charge on any atom is -0.508 e. The number of rotatable bonds is 16. The fraction of sp³-hybridized carbons (Fsp3) is 0.415. The van der Waals surface area contributed by atoms with Crippen LogP contribution in [0.25, 0.3) is 22.3 Å². The van der Waals surface area contributed by atoms with Crippen molar-refractivity contribution in [1.29, 1.82) is 0 Å². The van der Waals surface area contributed by atoms with E-state index in [-0.39, 0.29) is 134 Å². The summed E-state index contributed by atoms with van der Waals surface area (Å²) >= 11 is 20.6. The number of ketones is 2. The fourth-order valence-corrected chi connectivity index (χ4v) is 16.4. The van der Waals surface area contributed by atoms with Gasteiger partial charge in [-0.2, -0.15) is 0 Å². The Morgan fingerprint density at radius 1 is 0.723 bits per heavy atom. The van der Waals surface area contributed by atoms with Crippen molar-refractivity contribution in [3.8, 4) is 56.8 Å². The number of fused-ring (bicyclic) bond motifs is 12. The number of aromatic hydroxyl groups is 1. The van der Waals surface area contributed by atoms with E-state index in [4.69, 9.17) is 69.0 Å². The number of nitrogens with one attached hydrogen (secondary N) is 5. The number of aliphatic hydroxyl groups excluding tert-OH is 6. The summed E-state index contributed by atoms with van der Waals surface area (Å²) in [6, 6.07) is 28.8. The van der Waals surface area contributed by atoms with Crippen LogP contribution in [0.3, 0.4) is 0 Å². The van der Waals surface area contributed by atoms with Crippen LogP contribution < -0.4 is 46.5 Å². The van der Waals surface area contributed by atoms with Crippen LogP contribution >= 0.6 is 34.8 Å². The topological polar surface area (TPSA) is 426 Å². The molecule has 30 heteroatoms. The Morgan fingerprint density at radius 2 is 1.37 bits per heavy atom. The number of hydrogen-bond acceptors (Lipinski definition) is 23. The third kappa shape index (κ3) is 16.9. The number of carbonyl (C=O) groups excluding carboxylic acids is 6. The highest BCUT2D eigenvalue weighted by atomic mass is 35.5. The number of hydrogen-bond donors (Lipinski definition) is 15. The molecule has 8 aliphatic rings. The van der Waals surface area contributed by atoms with E-state index in [1.807, 2.05) is 50.2 Å². The molecule has 2 saturated heterocycles. The fourth-order valence-electron chi connectivity index (χ4n) is 15.9. The van der Waals surface area contributed by atoms with Gasteiger partial charge in [-0.3, -0.25) is 28.8 Å². The van der Waals surface area contributed by atoms with Crippen molar-refractivity contribution in [2.75, 3.05) is 13.7 Å². The molecule has 15 rings (SSSR count). The van der Waals surface area contributed by atoms with E-state index in [9.17, 15) is 60.3 Å². The van der Waals surface area contributed by atoms with Crippen LogP contribution in [0.4, 0.5) is 0 Å². The van der Waals surface area contributed by atoms with Gasteiger partial charge in [-0.25, -0.2) is 0 Å². The highest BCUT2D eigenvalue weighted by molar-refractivity contribution is 6.32. The lowest BCUT2D eigenvalue weighted by Crippen LogP contribution is -2.65. The second-order valence-electron chi connectivity index (χ2n) is 30.3. The number of ether oxygens (including phenoxy) is 6. The highest BCUT2D eigenvalue weighted by Crippen LogP contribution is 2.53. The number of primary amides is 1. The van der Waals surface area contributed by atoms with E-state index < -0.39 is 175 Å². The van der Waals surface area contributed by atoms with Gasteiger partial charge in [-0.1, -0.05) is 109 Å². The third-order valence-corrected chi connectivity index (χ3v) is 22.9. The van der Waals surface area contributed by atoms with Gasteiger partial charge in [0.15, 0.2) is 29.7 Å². The normalized spacial score (nSPS) is 28.0. The number of amides is 4. The number of carbonyl (C=O) groups is 6. The summed E-state index contributed by atoms with van der Waals surface area (Å²) in [5, 5.41) is 122. The summed E-state index contributed by atoms with van der Waals surface area (Å²) in [5.74, 6) is -14.2. The van der Waals surface area contributed by atoms with Gasteiger partial charge in [0, 0.05) is 66.4 Å². The summed E-state index contributed by atoms with van der Waals surface area (Å²) in [5.41, 5.74) is 8.35. The van der Waals surface area contributed by atoms with Gasteiger partial charge < -0.3 is 107 Å². The third-order valence-electron chi connectivity index (χ3n) is 22.0. The van der Waals surface area contributed by atoms with Crippen LogP contribution in [0.5, 0.6) is 34.5 Å². The first kappa shape index (κ1) is 81.3. The molecule has 7 aromatic carbocycles. The number of phenols is 1. The summed E-state index contributed by atoms with van der Waals surface area (Å²) < 4.78 is 40.1. The molecule has 16 N–H and O–H groups in total. The van der Waals surface area contributed by atoms with E-state index in [2.05, 4.69) is 26.6 Å². The molecule has 2 fully saturated rings. The molecule has 594 valence electrons. The monoisotopic (exact) mass is 1600 g/mol. The molecule has 1 aliphatic carbocycles. The largest absolute Gasteiger partial charge is 0.508 e. The van der Waals surface area contributed by atoms with E-state index in [0.29, 0.717) is 5.02 Å². The molecule has 112 heavy (non-hydrogen) atoms. The molecule has 4 amide bonds. The number of benzene rings is 7. The van der Waals surface area contributed by atoms with Gasteiger partial charge in [-0.05, 0) is 168 Å². The molecule has 0 saturated carbocycles. The number of aliphatic hydroxyl groups is 8. The van der Waals surface area contributed by atoms with E-state index >= 15 is 14.4 Å². The molecule has 0 radical (unpaired) electrons. The standard InChI is InChI=1S/C82H89Cl3N6O21/c1-37(2)22-58(87-5)79(104)91-69-60(95)27-46(30-66(86)96)77(102)90-57-19-17-50-42-12-18-53-51(24-42)68-47(23-49(93)31-54(68)82(53,105)106)35-88-78(103)52(32-59(50)94)70(97)43-13-20-61(55(84)25-43)108-63-28-45(57)29-64(109-62-21-14-44(71(69)98)26-56(62)85)74(63)112-80-75(73(100)72(99)65(36-92)110-80)111-67-33-81(4,76(101)38(3)107-67)89-34-39-6-8-40(9-7-39)41-10-15-48(83)16-11-41/h6-16,18,20-21,23-26,28-29,31,37-38,46,50,52,57-58,65,67,69-73,75-76,80,87,89,92-93,97-101,105-106H,17,19,22,27,30,32-36H2,1-5H3,(H2,86,96)(H,88,103)(H,90,102)(H,91,104). The molecular weight excluding hydrogens is 1510 g/mol. The van der Waals surface area contributed by atoms with E-state index in [1.54, 1.807) is 39.1 Å². The zero-order valence-corrected chi connectivity index (χ0v) is 63.9. The van der Waals surface area contributed by atoms with Gasteiger partial charge in [0.1, 0.15) is 53.5 Å². The summed E-state index contributed by atoms with van der Waals surface area (Å²) in [6.07, 6.45) is -18.8. The Kier molecular flexibility index (Phi) is 24.3. The van der Waals surface area contributed by atoms with Crippen LogP contribution in [0.15, 0.2) is 127 Å². The number of Topliss-reactive ketones (excluding diaryl/α,β-unsaturated/α-hetero) is 2. The molecule has 0 aromatic heterocycles. The van der Waals surface area contributed by atoms with Crippen LogP contribution in [0.2, 0.25) is 15.1 Å². The second-order valence-corrected chi connectivity index (χ2v) is 31.6. The average Bonchev–Trinajstić information content (AvgIpc) is 1.56. The van der Waals surface area contributed by atoms with Gasteiger partial charge in [0.2, 0.25) is 41.5 Å². The van der Waals surface area contributed by atoms with E-state index in [1.165, 1.54) is 72.8 Å². The van der Waals surface area contributed by atoms with Crippen LogP contribution in [0.1, 0.15) is 141 Å². The van der Waals surface area contributed by atoms with Crippen molar-refractivity contribution < 1.29 is 103 Å². The number of halogens is 3. The summed E-state index contributed by atoms with van der Waals surface area (Å²) in [7, 11) is 1.55. The van der Waals surface area contributed by atoms with Crippen molar-refractivity contribution in [3.63, 3.8) is 0 Å². The maximum Gasteiger partial charge on any atom is 0.237 e. The Labute approximate surface area is 659 Å². The van der Waals surface area contributed by atoms with Gasteiger partial charge >= 0.3 is 0 Å². The van der Waals surface area contributed by atoms with Crippen LogP contribution in [0, 0.1) is 17.8 Å². The SMILES string of the molecule is CNC(CC(C)C)C(=O)NC1C(=O)CC(CC(N)=O)C(=O)NC2CCC3C(=O)CC(C(=O)NCc4cc(O)cc5c4-c4cc3ccc4C5(O)O)C(O)c3ccc(c(Cl)c3)Oc3cc2cc(c3OC2OC(CO)C(O)C(O)C2OC2CC(C)(NCc3ccc(-c4ccc(Cl)cc4)cc3)C(O)C(C)O2)Oc2ccc(cc2Cl)C1O. The van der Waals surface area contributed by atoms with Crippen molar-refractivity contribution in [2.45, 2.75) is 183 Å². The smallest absolute Gasteiger partial charge is 0.237 e. The minimum atomic E-state index is -2.69. The predicted octanol–water partition coefficient (Wildman–Crippen LogP) is 7.61. The Hall–Kier alpha value is -8.69. The van der Waals surface area contributed by atoms with Crippen molar-refractivity contribution in [1.82, 2.24) is 26.6 Å². The molecule has 17 unspecified atom stereocenters. The Bertz CT molecular complexity index is 4750. The number of nitrogens with two attached hydrogens (primary N) is 1. The summed E-state index contributed by atoms with van der Waals surface area (Å²) in [4.78, 5) is 88.8. The Morgan fingerprint density at radius 3 is 1.99 bits per heavy atom. The molecule has 7 heterocycles. The molecule has 11 bridgehead atoms. The minimum absolute atomic E-state index is 0.0224. The lowest BCUT2D eigenvalue weighted by molar-refractivity contribution is -0.334. The lowest BCUT2D eigenvalue weighted by Gasteiger charge is -2.48. The van der Waals surface area contributed by atoms with Gasteiger partial charge in [0.05, 0.1) is 58.9 Å². The quantitative estimate of drug-likeness (QED) is 0.0414. The molecule has 27 nitrogen and oxygen atoms in total. The first-order chi connectivity index (χ1) is 53.3. The van der Waals surface area contributed by atoms with Crippen molar-refractivity contribution in [3.05, 3.63) is 187 Å². The van der Waals surface area contributed by atoms with Gasteiger partial charge in [-0.15, -0.1) is 0 Å². The second kappa shape index (κ2) is 33.4. The van der Waals surface area contributed by atoms with Gasteiger partial charge in [0.25, 0.3) is 0 Å². The zero-order chi connectivity index (χ0) is 80.1. The molecule has 7 aliphatic heterocycles. The first-order valence-electron chi connectivity index (χ1n) is 37.0. The summed E-state index contributed by atoms with van der Waals surface area (Å²) in [6.45, 7) is 6.18. The van der Waals surface area contributed by atoms with Crippen LogP contribution in [-0.4, -0.2) is 162 Å². The molecule has 0 spiro atoms. The van der Waals surface area contributed by atoms with Crippen molar-refractivity contribution >= 4 is 70.0 Å². The molecule has 17 atom stereocenters. The highest BCUT2D eigenvalue weighted by Gasteiger charge is 2.52. The Balaban J connectivity index is 0.961. The number of phenolic OH excluding ortho intramolecular Hbond substituents is 1. The maximum atomic E-state index is 15.7. The molecular formula is C82H89Cl3N6O21. The number of likely N-dealkylation sites (N-methyl/N-ethyl adjacent to an activating group) is 1. The predicted molar refractivity (Wildman–Crippen MR) is 408 cm³/mol. The van der Waals surface area contributed by atoms with E-state index in [0.717, 1.165) is 16.7 Å². The zero-order valence-electron chi connectivity index (χ0n) is 61.6.